The smallest absolute Gasteiger partial charge is 0.230 e. The minimum atomic E-state index is 0.0137. The third-order valence-corrected chi connectivity index (χ3v) is 4.09. The van der Waals surface area contributed by atoms with E-state index in [0.717, 1.165) is 17.9 Å². The number of carbonyl (C=O) groups excluding carboxylic acids is 1. The second kappa shape index (κ2) is 8.69. The molecule has 0 aliphatic heterocycles. The van der Waals surface area contributed by atoms with E-state index in [2.05, 4.69) is 10.2 Å². The van der Waals surface area contributed by atoms with Gasteiger partial charge in [-0.3, -0.25) is 4.79 Å². The van der Waals surface area contributed by atoms with E-state index in [1.807, 2.05) is 14.1 Å². The Labute approximate surface area is 128 Å². The summed E-state index contributed by atoms with van der Waals surface area (Å²) in [6.45, 7) is 1.66. The highest BCUT2D eigenvalue weighted by molar-refractivity contribution is 8.00. The summed E-state index contributed by atoms with van der Waals surface area (Å²) in [5.41, 5.74) is 0. The van der Waals surface area contributed by atoms with Gasteiger partial charge in [0.1, 0.15) is 0 Å². The Morgan fingerprint density at radius 2 is 2.11 bits per heavy atom. The van der Waals surface area contributed by atoms with Gasteiger partial charge in [-0.15, -0.1) is 11.8 Å². The van der Waals surface area contributed by atoms with Crippen LogP contribution in [0.4, 0.5) is 0 Å². The average molecular weight is 321 g/mol. The molecule has 0 spiro atoms. The maximum atomic E-state index is 11.6. The highest BCUT2D eigenvalue weighted by Crippen LogP contribution is 2.29. The standard InChI is InChI=1S/C13H18Cl2N2OS/c1-17(2)7-3-6-16-13(18)9-19-12-8-10(14)4-5-11(12)15/h4-5,8H,3,6-7,9H2,1-2H3,(H,16,18). The molecule has 1 aromatic carbocycles. The van der Waals surface area contributed by atoms with Crippen LogP contribution in [0.3, 0.4) is 0 Å². The van der Waals surface area contributed by atoms with Gasteiger partial charge >= 0.3 is 0 Å². The third kappa shape index (κ3) is 7.06. The topological polar surface area (TPSA) is 32.3 Å². The van der Waals surface area contributed by atoms with Crippen LogP contribution in [0.15, 0.2) is 23.1 Å². The molecular weight excluding hydrogens is 303 g/mol. The molecule has 0 fully saturated rings. The first kappa shape index (κ1) is 16.6. The summed E-state index contributed by atoms with van der Waals surface area (Å²) in [6, 6.07) is 5.24. The van der Waals surface area contributed by atoms with Crippen LogP contribution in [-0.4, -0.2) is 43.7 Å². The van der Waals surface area contributed by atoms with E-state index in [4.69, 9.17) is 23.2 Å². The van der Waals surface area contributed by atoms with Gasteiger partial charge in [0.05, 0.1) is 10.8 Å². The van der Waals surface area contributed by atoms with Gasteiger partial charge in [-0.2, -0.15) is 0 Å². The molecule has 0 atom stereocenters. The van der Waals surface area contributed by atoms with Crippen molar-refractivity contribution < 1.29 is 4.79 Å². The Hall–Kier alpha value is -0.420. The fourth-order valence-electron chi connectivity index (χ4n) is 1.41. The van der Waals surface area contributed by atoms with Gasteiger partial charge in [0.25, 0.3) is 0 Å². The number of amides is 1. The first-order valence-corrected chi connectivity index (χ1v) is 7.72. The summed E-state index contributed by atoms with van der Waals surface area (Å²) < 4.78 is 0. The lowest BCUT2D eigenvalue weighted by Crippen LogP contribution is -2.28. The van der Waals surface area contributed by atoms with Crippen LogP contribution in [0, 0.1) is 0 Å². The molecule has 0 saturated heterocycles. The molecule has 0 bridgehead atoms. The lowest BCUT2D eigenvalue weighted by Gasteiger charge is -2.10. The summed E-state index contributed by atoms with van der Waals surface area (Å²) >= 11 is 13.3. The number of nitrogens with zero attached hydrogens (tertiary/aromatic N) is 1. The van der Waals surface area contributed by atoms with Gasteiger partial charge in [0.15, 0.2) is 0 Å². The van der Waals surface area contributed by atoms with Crippen LogP contribution in [-0.2, 0) is 4.79 Å². The molecule has 0 aromatic heterocycles. The first-order chi connectivity index (χ1) is 8.99. The average Bonchev–Trinajstić information content (AvgIpc) is 2.35. The molecule has 1 aromatic rings. The number of nitrogens with one attached hydrogen (secondary N) is 1. The predicted octanol–water partition coefficient (Wildman–Crippen LogP) is 3.15. The van der Waals surface area contributed by atoms with E-state index in [1.165, 1.54) is 11.8 Å². The molecule has 1 amide bonds. The summed E-state index contributed by atoms with van der Waals surface area (Å²) in [5.74, 6) is 0.363. The van der Waals surface area contributed by atoms with Crippen LogP contribution >= 0.6 is 35.0 Å². The summed E-state index contributed by atoms with van der Waals surface area (Å²) in [4.78, 5) is 14.6. The molecule has 0 aliphatic carbocycles. The molecule has 6 heteroatoms. The molecule has 19 heavy (non-hydrogen) atoms. The molecule has 0 heterocycles. The fraction of sp³-hybridized carbons (Fsp3) is 0.462. The van der Waals surface area contributed by atoms with Crippen LogP contribution in [0.5, 0.6) is 0 Å². The van der Waals surface area contributed by atoms with Crippen molar-refractivity contribution in [3.05, 3.63) is 28.2 Å². The molecule has 106 valence electrons. The molecule has 0 unspecified atom stereocenters. The van der Waals surface area contributed by atoms with Gasteiger partial charge in [0, 0.05) is 16.5 Å². The van der Waals surface area contributed by atoms with Gasteiger partial charge in [-0.25, -0.2) is 0 Å². The van der Waals surface area contributed by atoms with E-state index >= 15 is 0 Å². The number of hydrogen-bond acceptors (Lipinski definition) is 3. The van der Waals surface area contributed by atoms with Crippen molar-refractivity contribution in [3.63, 3.8) is 0 Å². The molecule has 0 aliphatic rings. The van der Waals surface area contributed by atoms with Crippen molar-refractivity contribution in [2.45, 2.75) is 11.3 Å². The molecule has 3 nitrogen and oxygen atoms in total. The molecular formula is C13H18Cl2N2OS. The zero-order valence-electron chi connectivity index (χ0n) is 11.1. The SMILES string of the molecule is CN(C)CCCNC(=O)CSc1cc(Cl)ccc1Cl. The van der Waals surface area contributed by atoms with Crippen LogP contribution in [0.1, 0.15) is 6.42 Å². The van der Waals surface area contributed by atoms with E-state index < -0.39 is 0 Å². The molecule has 1 N–H and O–H groups in total. The van der Waals surface area contributed by atoms with Crippen LogP contribution in [0.2, 0.25) is 10.0 Å². The minimum Gasteiger partial charge on any atom is -0.355 e. The lowest BCUT2D eigenvalue weighted by molar-refractivity contribution is -0.118. The second-order valence-corrected chi connectivity index (χ2v) is 6.23. The second-order valence-electron chi connectivity index (χ2n) is 4.37. The highest BCUT2D eigenvalue weighted by atomic mass is 35.5. The first-order valence-electron chi connectivity index (χ1n) is 5.98. The number of halogens is 2. The predicted molar refractivity (Wildman–Crippen MR) is 83.4 cm³/mol. The van der Waals surface area contributed by atoms with Crippen LogP contribution < -0.4 is 5.32 Å². The number of benzene rings is 1. The van der Waals surface area contributed by atoms with Crippen molar-refractivity contribution in [2.75, 3.05) is 32.9 Å². The van der Waals surface area contributed by atoms with E-state index in [9.17, 15) is 4.79 Å². The van der Waals surface area contributed by atoms with Crippen LogP contribution in [0.25, 0.3) is 0 Å². The summed E-state index contributed by atoms with van der Waals surface area (Å²) in [7, 11) is 4.03. The van der Waals surface area contributed by atoms with E-state index in [0.29, 0.717) is 22.3 Å². The maximum absolute atomic E-state index is 11.6. The maximum Gasteiger partial charge on any atom is 0.230 e. The fourth-order valence-corrected chi connectivity index (χ4v) is 2.73. The van der Waals surface area contributed by atoms with Crippen molar-refractivity contribution in [1.29, 1.82) is 0 Å². The molecule has 1 rings (SSSR count). The number of carbonyl (C=O) groups is 1. The zero-order valence-corrected chi connectivity index (χ0v) is 13.4. The number of rotatable bonds is 7. The third-order valence-electron chi connectivity index (χ3n) is 2.36. The molecule has 0 saturated carbocycles. The zero-order chi connectivity index (χ0) is 14.3. The van der Waals surface area contributed by atoms with Gasteiger partial charge in [-0.1, -0.05) is 23.2 Å². The lowest BCUT2D eigenvalue weighted by atomic mass is 10.4. The van der Waals surface area contributed by atoms with Crippen molar-refractivity contribution in [3.8, 4) is 0 Å². The Bertz CT molecular complexity index is 427. The largest absolute Gasteiger partial charge is 0.355 e. The van der Waals surface area contributed by atoms with Crippen molar-refractivity contribution >= 4 is 40.9 Å². The van der Waals surface area contributed by atoms with Gasteiger partial charge in [0.2, 0.25) is 5.91 Å². The van der Waals surface area contributed by atoms with Crippen molar-refractivity contribution in [2.24, 2.45) is 0 Å². The monoisotopic (exact) mass is 320 g/mol. The van der Waals surface area contributed by atoms with Gasteiger partial charge < -0.3 is 10.2 Å². The molecule has 0 radical (unpaired) electrons. The van der Waals surface area contributed by atoms with E-state index in [1.54, 1.807) is 18.2 Å². The van der Waals surface area contributed by atoms with Crippen molar-refractivity contribution in [1.82, 2.24) is 10.2 Å². The quantitative estimate of drug-likeness (QED) is 0.618. The summed E-state index contributed by atoms with van der Waals surface area (Å²) in [6.07, 6.45) is 0.946. The Morgan fingerprint density at radius 1 is 1.37 bits per heavy atom. The Balaban J connectivity index is 2.28. The normalized spacial score (nSPS) is 10.8. The minimum absolute atomic E-state index is 0.0137. The van der Waals surface area contributed by atoms with E-state index in [-0.39, 0.29) is 5.91 Å². The summed E-state index contributed by atoms with van der Waals surface area (Å²) in [5, 5.41) is 4.12. The highest BCUT2D eigenvalue weighted by Gasteiger charge is 2.06. The number of thioether (sulfide) groups is 1. The number of hydrogen-bond donors (Lipinski definition) is 1. The van der Waals surface area contributed by atoms with Gasteiger partial charge in [-0.05, 0) is 45.3 Å². The Morgan fingerprint density at radius 3 is 2.79 bits per heavy atom. The Kier molecular flexibility index (Phi) is 7.61.